The summed E-state index contributed by atoms with van der Waals surface area (Å²) < 4.78 is 0. The van der Waals surface area contributed by atoms with Gasteiger partial charge in [0.15, 0.2) is 0 Å². The van der Waals surface area contributed by atoms with Crippen molar-refractivity contribution in [3.8, 4) is 0 Å². The molecule has 21 heavy (non-hydrogen) atoms. The topological polar surface area (TPSA) is 83.7 Å². The Labute approximate surface area is 123 Å². The quantitative estimate of drug-likeness (QED) is 0.678. The second kappa shape index (κ2) is 6.67. The Morgan fingerprint density at radius 2 is 2.19 bits per heavy atom. The minimum Gasteiger partial charge on any atom is -0.391 e. The maximum Gasteiger partial charge on any atom is 0.273 e. The number of benzene rings is 1. The van der Waals surface area contributed by atoms with Crippen molar-refractivity contribution in [2.45, 2.75) is 44.8 Å². The van der Waals surface area contributed by atoms with Crippen LogP contribution in [0.3, 0.4) is 0 Å². The predicted molar refractivity (Wildman–Crippen MR) is 77.8 cm³/mol. The summed E-state index contributed by atoms with van der Waals surface area (Å²) in [5.41, 5.74) is 0.388. The van der Waals surface area contributed by atoms with E-state index in [9.17, 15) is 20.0 Å². The monoisotopic (exact) mass is 292 g/mol. The number of nitro groups is 1. The van der Waals surface area contributed by atoms with E-state index in [4.69, 9.17) is 0 Å². The third-order valence-corrected chi connectivity index (χ3v) is 3.96. The van der Waals surface area contributed by atoms with E-state index in [-0.39, 0.29) is 24.1 Å². The molecule has 0 saturated carbocycles. The molecule has 1 heterocycles. The fourth-order valence-electron chi connectivity index (χ4n) is 2.87. The summed E-state index contributed by atoms with van der Waals surface area (Å²) in [6.45, 7) is 2.29. The highest BCUT2D eigenvalue weighted by atomic mass is 16.6. The molecule has 0 aliphatic carbocycles. The molecule has 1 fully saturated rings. The highest BCUT2D eigenvalue weighted by Crippen LogP contribution is 2.23. The van der Waals surface area contributed by atoms with Crippen LogP contribution in [-0.4, -0.2) is 39.5 Å². The van der Waals surface area contributed by atoms with Crippen LogP contribution in [0.4, 0.5) is 5.69 Å². The summed E-state index contributed by atoms with van der Waals surface area (Å²) in [5, 5.41) is 20.8. The van der Waals surface area contributed by atoms with Crippen molar-refractivity contribution in [2.24, 2.45) is 0 Å². The van der Waals surface area contributed by atoms with E-state index in [1.807, 2.05) is 0 Å². The van der Waals surface area contributed by atoms with Gasteiger partial charge in [0, 0.05) is 18.2 Å². The van der Waals surface area contributed by atoms with Crippen LogP contribution in [0.15, 0.2) is 24.3 Å². The Morgan fingerprint density at radius 3 is 2.86 bits per heavy atom. The van der Waals surface area contributed by atoms with Gasteiger partial charge in [0.2, 0.25) is 5.91 Å². The first kappa shape index (κ1) is 15.4. The lowest BCUT2D eigenvalue weighted by molar-refractivity contribution is -0.385. The van der Waals surface area contributed by atoms with Crippen LogP contribution in [0.25, 0.3) is 0 Å². The first-order valence-electron chi connectivity index (χ1n) is 7.20. The number of amides is 1. The zero-order valence-corrected chi connectivity index (χ0v) is 12.1. The van der Waals surface area contributed by atoms with Gasteiger partial charge in [-0.3, -0.25) is 14.9 Å². The number of rotatable bonds is 4. The highest BCUT2D eigenvalue weighted by Gasteiger charge is 2.30. The van der Waals surface area contributed by atoms with Crippen molar-refractivity contribution in [3.63, 3.8) is 0 Å². The summed E-state index contributed by atoms with van der Waals surface area (Å²) >= 11 is 0. The Balaban J connectivity index is 2.15. The molecule has 0 aromatic heterocycles. The number of nitrogens with zero attached hydrogens (tertiary/aromatic N) is 2. The number of likely N-dealkylation sites (tertiary alicyclic amines) is 1. The number of para-hydroxylation sites is 1. The lowest BCUT2D eigenvalue weighted by Gasteiger charge is -2.37. The third kappa shape index (κ3) is 3.58. The Bertz CT molecular complexity index is 530. The van der Waals surface area contributed by atoms with E-state index in [0.29, 0.717) is 12.1 Å². The maximum atomic E-state index is 12.4. The highest BCUT2D eigenvalue weighted by molar-refractivity contribution is 5.80. The Hall–Kier alpha value is -1.95. The molecule has 1 N–H and O–H groups in total. The van der Waals surface area contributed by atoms with Gasteiger partial charge in [-0.2, -0.15) is 0 Å². The van der Waals surface area contributed by atoms with Gasteiger partial charge in [-0.05, 0) is 26.2 Å². The summed E-state index contributed by atoms with van der Waals surface area (Å²) in [6.07, 6.45) is 2.09. The first-order valence-corrected chi connectivity index (χ1v) is 7.20. The van der Waals surface area contributed by atoms with Crippen LogP contribution < -0.4 is 0 Å². The molecule has 1 aliphatic rings. The summed E-state index contributed by atoms with van der Waals surface area (Å²) in [6, 6.07) is 6.11. The van der Waals surface area contributed by atoms with Crippen molar-refractivity contribution in [2.75, 3.05) is 6.54 Å². The minimum atomic E-state index is -0.583. The number of aliphatic hydroxyl groups is 1. The molecule has 6 heteroatoms. The molecule has 2 atom stereocenters. The molecular weight excluding hydrogens is 272 g/mol. The van der Waals surface area contributed by atoms with Gasteiger partial charge >= 0.3 is 0 Å². The minimum absolute atomic E-state index is 0.000370. The van der Waals surface area contributed by atoms with E-state index in [0.717, 1.165) is 19.3 Å². The second-order valence-corrected chi connectivity index (χ2v) is 5.45. The summed E-state index contributed by atoms with van der Waals surface area (Å²) in [5.74, 6) is -0.157. The number of carbonyl (C=O) groups is 1. The number of piperidine rings is 1. The van der Waals surface area contributed by atoms with Crippen molar-refractivity contribution >= 4 is 11.6 Å². The van der Waals surface area contributed by atoms with Crippen molar-refractivity contribution in [1.82, 2.24) is 4.90 Å². The molecule has 2 rings (SSSR count). The number of carbonyl (C=O) groups excluding carboxylic acids is 1. The lowest BCUT2D eigenvalue weighted by atomic mass is 9.97. The number of hydrogen-bond acceptors (Lipinski definition) is 4. The normalized spacial score (nSPS) is 20.1. The molecule has 0 spiro atoms. The van der Waals surface area contributed by atoms with Crippen LogP contribution in [-0.2, 0) is 11.2 Å². The summed E-state index contributed by atoms with van der Waals surface area (Å²) in [7, 11) is 0. The van der Waals surface area contributed by atoms with Crippen LogP contribution in [0.2, 0.25) is 0 Å². The average Bonchev–Trinajstić information content (AvgIpc) is 2.47. The summed E-state index contributed by atoms with van der Waals surface area (Å²) in [4.78, 5) is 24.6. The van der Waals surface area contributed by atoms with Crippen molar-refractivity contribution in [3.05, 3.63) is 39.9 Å². The average molecular weight is 292 g/mol. The number of aliphatic hydroxyl groups excluding tert-OH is 1. The fourth-order valence-corrected chi connectivity index (χ4v) is 2.87. The molecule has 114 valence electrons. The zero-order chi connectivity index (χ0) is 15.4. The largest absolute Gasteiger partial charge is 0.391 e. The number of nitro benzene ring substituents is 1. The van der Waals surface area contributed by atoms with Gasteiger partial charge in [-0.1, -0.05) is 18.2 Å². The second-order valence-electron chi connectivity index (χ2n) is 5.45. The predicted octanol–water partition coefficient (Wildman–Crippen LogP) is 1.90. The third-order valence-electron chi connectivity index (χ3n) is 3.96. The molecule has 1 aromatic rings. The van der Waals surface area contributed by atoms with Crippen LogP contribution in [0.1, 0.15) is 31.7 Å². The SMILES string of the molecule is C[C@H](O)[C@@H]1CCCCN1C(=O)Cc1ccccc1[N+](=O)[O-]. The van der Waals surface area contributed by atoms with Gasteiger partial charge in [0.1, 0.15) is 0 Å². The van der Waals surface area contributed by atoms with Gasteiger partial charge in [-0.25, -0.2) is 0 Å². The van der Waals surface area contributed by atoms with E-state index in [1.54, 1.807) is 30.0 Å². The zero-order valence-electron chi connectivity index (χ0n) is 12.1. The lowest BCUT2D eigenvalue weighted by Crippen LogP contribution is -2.49. The van der Waals surface area contributed by atoms with Gasteiger partial charge in [0.25, 0.3) is 5.69 Å². The first-order chi connectivity index (χ1) is 10.0. The van der Waals surface area contributed by atoms with E-state index < -0.39 is 11.0 Å². The molecule has 1 aliphatic heterocycles. The van der Waals surface area contributed by atoms with Gasteiger partial charge < -0.3 is 10.0 Å². The molecule has 0 unspecified atom stereocenters. The Morgan fingerprint density at radius 1 is 1.48 bits per heavy atom. The van der Waals surface area contributed by atoms with E-state index in [1.165, 1.54) is 6.07 Å². The van der Waals surface area contributed by atoms with Crippen LogP contribution in [0.5, 0.6) is 0 Å². The standard InChI is InChI=1S/C15H20N2O4/c1-11(18)13-7-4-5-9-16(13)15(19)10-12-6-2-3-8-14(12)17(20)21/h2-3,6,8,11,13,18H,4-5,7,9-10H2,1H3/t11-,13-/m0/s1. The molecular formula is C15H20N2O4. The van der Waals surface area contributed by atoms with Crippen molar-refractivity contribution < 1.29 is 14.8 Å². The smallest absolute Gasteiger partial charge is 0.273 e. The molecule has 0 bridgehead atoms. The van der Waals surface area contributed by atoms with E-state index in [2.05, 4.69) is 0 Å². The maximum absolute atomic E-state index is 12.4. The van der Waals surface area contributed by atoms with Gasteiger partial charge in [0.05, 0.1) is 23.5 Å². The molecule has 1 amide bonds. The molecule has 1 saturated heterocycles. The Kier molecular flexibility index (Phi) is 4.90. The van der Waals surface area contributed by atoms with Gasteiger partial charge in [-0.15, -0.1) is 0 Å². The van der Waals surface area contributed by atoms with E-state index >= 15 is 0 Å². The van der Waals surface area contributed by atoms with Crippen LogP contribution >= 0.6 is 0 Å². The van der Waals surface area contributed by atoms with Crippen molar-refractivity contribution in [1.29, 1.82) is 0 Å². The molecule has 0 radical (unpaired) electrons. The van der Waals surface area contributed by atoms with Crippen LogP contribution in [0, 0.1) is 10.1 Å². The fraction of sp³-hybridized carbons (Fsp3) is 0.533. The molecule has 1 aromatic carbocycles. The number of hydrogen-bond donors (Lipinski definition) is 1. The molecule has 6 nitrogen and oxygen atoms in total.